The van der Waals surface area contributed by atoms with Crippen molar-refractivity contribution in [3.05, 3.63) is 24.3 Å². The van der Waals surface area contributed by atoms with Crippen LogP contribution in [0.25, 0.3) is 0 Å². The second kappa shape index (κ2) is 9.09. The van der Waals surface area contributed by atoms with Gasteiger partial charge < -0.3 is 30.5 Å². The van der Waals surface area contributed by atoms with Crippen LogP contribution in [0, 0.1) is 0 Å². The van der Waals surface area contributed by atoms with E-state index in [0.29, 0.717) is 6.54 Å². The molecule has 7 nitrogen and oxygen atoms in total. The minimum atomic E-state index is -0.785. The molecular formula is C19H31N3O4. The zero-order valence-electron chi connectivity index (χ0n) is 15.9. The maximum atomic E-state index is 11.9. The quantitative estimate of drug-likeness (QED) is 0.616. The first-order valence-corrected chi connectivity index (χ1v) is 9.15. The number of aliphatic hydroxyl groups excluding tert-OH is 2. The van der Waals surface area contributed by atoms with Gasteiger partial charge in [-0.3, -0.25) is 0 Å². The standard InChI is InChI=1S/C19H31N3O4/c1-19(2,3)26-18(25)21-14-8-10-22(11-9-14)17-7-5-4-6-16(17)20-12-15(24)13-23/h4-7,14-15,20,23-24H,8-13H2,1-3H3,(H,21,25). The van der Waals surface area contributed by atoms with Gasteiger partial charge in [-0.2, -0.15) is 0 Å². The highest BCUT2D eigenvalue weighted by Crippen LogP contribution is 2.28. The van der Waals surface area contributed by atoms with Crippen molar-refractivity contribution in [3.63, 3.8) is 0 Å². The summed E-state index contributed by atoms with van der Waals surface area (Å²) in [5.41, 5.74) is 1.50. The maximum Gasteiger partial charge on any atom is 0.407 e. The first-order chi connectivity index (χ1) is 12.3. The summed E-state index contributed by atoms with van der Waals surface area (Å²) in [6, 6.07) is 8.03. The number of hydrogen-bond acceptors (Lipinski definition) is 6. The number of hydrogen-bond donors (Lipinski definition) is 4. The molecule has 1 heterocycles. The lowest BCUT2D eigenvalue weighted by atomic mass is 10.0. The molecule has 146 valence electrons. The topological polar surface area (TPSA) is 94.1 Å². The van der Waals surface area contributed by atoms with E-state index in [-0.39, 0.29) is 18.7 Å². The minimum Gasteiger partial charge on any atom is -0.444 e. The molecule has 1 fully saturated rings. The van der Waals surface area contributed by atoms with Gasteiger partial charge in [-0.15, -0.1) is 0 Å². The number of amides is 1. The molecule has 4 N–H and O–H groups in total. The van der Waals surface area contributed by atoms with Crippen molar-refractivity contribution in [2.45, 2.75) is 51.4 Å². The summed E-state index contributed by atoms with van der Waals surface area (Å²) >= 11 is 0. The van der Waals surface area contributed by atoms with Crippen molar-refractivity contribution >= 4 is 17.5 Å². The van der Waals surface area contributed by atoms with Crippen molar-refractivity contribution in [1.82, 2.24) is 5.32 Å². The van der Waals surface area contributed by atoms with E-state index in [1.807, 2.05) is 45.0 Å². The van der Waals surface area contributed by atoms with E-state index in [9.17, 15) is 9.90 Å². The highest BCUT2D eigenvalue weighted by Gasteiger charge is 2.24. The highest BCUT2D eigenvalue weighted by atomic mass is 16.6. The molecule has 1 aromatic carbocycles. The van der Waals surface area contributed by atoms with Gasteiger partial charge in [-0.05, 0) is 45.7 Å². The van der Waals surface area contributed by atoms with Crippen LogP contribution in [0.4, 0.5) is 16.2 Å². The Morgan fingerprint density at radius 2 is 1.96 bits per heavy atom. The van der Waals surface area contributed by atoms with Crippen LogP contribution in [-0.4, -0.2) is 60.3 Å². The number of aliphatic hydroxyl groups is 2. The fourth-order valence-corrected chi connectivity index (χ4v) is 2.93. The molecule has 1 aliphatic heterocycles. The molecule has 0 saturated carbocycles. The summed E-state index contributed by atoms with van der Waals surface area (Å²) in [6.07, 6.45) is 0.530. The van der Waals surface area contributed by atoms with Crippen molar-refractivity contribution in [2.24, 2.45) is 0 Å². The summed E-state index contributed by atoms with van der Waals surface area (Å²) in [4.78, 5) is 14.2. The molecular weight excluding hydrogens is 334 g/mol. The fraction of sp³-hybridized carbons (Fsp3) is 0.632. The van der Waals surface area contributed by atoms with Gasteiger partial charge in [0.1, 0.15) is 5.60 Å². The number of ether oxygens (including phenoxy) is 1. The highest BCUT2D eigenvalue weighted by molar-refractivity contribution is 5.70. The molecule has 1 saturated heterocycles. The Morgan fingerprint density at radius 3 is 2.58 bits per heavy atom. The summed E-state index contributed by atoms with van der Waals surface area (Å²) in [5, 5.41) is 24.6. The van der Waals surface area contributed by atoms with Crippen LogP contribution in [0.1, 0.15) is 33.6 Å². The maximum absolute atomic E-state index is 11.9. The van der Waals surface area contributed by atoms with Crippen LogP contribution in [0.3, 0.4) is 0 Å². The number of carbonyl (C=O) groups is 1. The third-order valence-electron chi connectivity index (χ3n) is 4.20. The summed E-state index contributed by atoms with van der Waals surface area (Å²) in [5.74, 6) is 0. The average Bonchev–Trinajstić information content (AvgIpc) is 2.59. The Hall–Kier alpha value is -1.99. The molecule has 1 atom stereocenters. The molecule has 26 heavy (non-hydrogen) atoms. The number of alkyl carbamates (subject to hydrolysis) is 1. The van der Waals surface area contributed by atoms with Crippen LogP contribution in [0.5, 0.6) is 0 Å². The lowest BCUT2D eigenvalue weighted by molar-refractivity contribution is 0.0497. The monoisotopic (exact) mass is 365 g/mol. The predicted octanol–water partition coefficient (Wildman–Crippen LogP) is 1.95. The Kier molecular flexibility index (Phi) is 7.11. The predicted molar refractivity (Wildman–Crippen MR) is 103 cm³/mol. The van der Waals surface area contributed by atoms with Crippen LogP contribution in [-0.2, 0) is 4.74 Å². The number of anilines is 2. The van der Waals surface area contributed by atoms with Gasteiger partial charge in [-0.1, -0.05) is 12.1 Å². The summed E-state index contributed by atoms with van der Waals surface area (Å²) in [6.45, 7) is 7.23. The third-order valence-corrected chi connectivity index (χ3v) is 4.20. The molecule has 1 unspecified atom stereocenters. The molecule has 0 spiro atoms. The second-order valence-electron chi connectivity index (χ2n) is 7.64. The molecule has 7 heteroatoms. The number of nitrogens with zero attached hydrogens (tertiary/aromatic N) is 1. The van der Waals surface area contributed by atoms with Crippen molar-refractivity contribution in [1.29, 1.82) is 0 Å². The van der Waals surface area contributed by atoms with Crippen molar-refractivity contribution in [3.8, 4) is 0 Å². The lowest BCUT2D eigenvalue weighted by Crippen LogP contribution is -2.46. The number of rotatable bonds is 6. The lowest BCUT2D eigenvalue weighted by Gasteiger charge is -2.35. The van der Waals surface area contributed by atoms with E-state index in [1.54, 1.807) is 0 Å². The van der Waals surface area contributed by atoms with Crippen LogP contribution in [0.15, 0.2) is 24.3 Å². The first-order valence-electron chi connectivity index (χ1n) is 9.15. The van der Waals surface area contributed by atoms with Crippen LogP contribution in [0.2, 0.25) is 0 Å². The fourth-order valence-electron chi connectivity index (χ4n) is 2.93. The van der Waals surface area contributed by atoms with Crippen LogP contribution < -0.4 is 15.5 Å². The number of carbonyl (C=O) groups excluding carboxylic acids is 1. The summed E-state index contributed by atoms with van der Waals surface area (Å²) in [7, 11) is 0. The van der Waals surface area contributed by atoms with Crippen molar-refractivity contribution < 1.29 is 19.7 Å². The molecule has 0 aliphatic carbocycles. The normalized spacial score (nSPS) is 16.9. The Labute approximate surface area is 155 Å². The van der Waals surface area contributed by atoms with Gasteiger partial charge in [0, 0.05) is 25.7 Å². The van der Waals surface area contributed by atoms with E-state index in [4.69, 9.17) is 9.84 Å². The van der Waals surface area contributed by atoms with E-state index >= 15 is 0 Å². The van der Waals surface area contributed by atoms with E-state index in [0.717, 1.165) is 37.3 Å². The zero-order valence-corrected chi connectivity index (χ0v) is 15.9. The molecule has 1 amide bonds. The number of piperidine rings is 1. The smallest absolute Gasteiger partial charge is 0.407 e. The minimum absolute atomic E-state index is 0.109. The number of benzene rings is 1. The molecule has 0 aromatic heterocycles. The molecule has 1 aromatic rings. The van der Waals surface area contributed by atoms with Gasteiger partial charge in [0.2, 0.25) is 0 Å². The van der Waals surface area contributed by atoms with E-state index < -0.39 is 11.7 Å². The molecule has 0 radical (unpaired) electrons. The first kappa shape index (κ1) is 20.3. The van der Waals surface area contributed by atoms with Crippen LogP contribution >= 0.6 is 0 Å². The van der Waals surface area contributed by atoms with Gasteiger partial charge >= 0.3 is 6.09 Å². The SMILES string of the molecule is CC(C)(C)OC(=O)NC1CCN(c2ccccc2NCC(O)CO)CC1. The van der Waals surface area contributed by atoms with E-state index in [2.05, 4.69) is 15.5 Å². The molecule has 2 rings (SSSR count). The summed E-state index contributed by atoms with van der Waals surface area (Å²) < 4.78 is 5.32. The number of para-hydroxylation sites is 2. The average molecular weight is 365 g/mol. The third kappa shape index (κ3) is 6.38. The van der Waals surface area contributed by atoms with Gasteiger partial charge in [0.15, 0.2) is 0 Å². The second-order valence-corrected chi connectivity index (χ2v) is 7.64. The Balaban J connectivity index is 1.89. The van der Waals surface area contributed by atoms with Gasteiger partial charge in [0.05, 0.1) is 24.1 Å². The number of nitrogens with one attached hydrogen (secondary N) is 2. The van der Waals surface area contributed by atoms with E-state index in [1.165, 1.54) is 0 Å². The Bertz CT molecular complexity index is 580. The molecule has 0 bridgehead atoms. The van der Waals surface area contributed by atoms with Crippen molar-refractivity contribution in [2.75, 3.05) is 36.5 Å². The zero-order chi connectivity index (χ0) is 19.2. The Morgan fingerprint density at radius 1 is 1.31 bits per heavy atom. The molecule has 1 aliphatic rings. The van der Waals surface area contributed by atoms with Gasteiger partial charge in [-0.25, -0.2) is 4.79 Å². The largest absolute Gasteiger partial charge is 0.444 e. The van der Waals surface area contributed by atoms with Gasteiger partial charge in [0.25, 0.3) is 0 Å².